The van der Waals surface area contributed by atoms with Crippen LogP contribution in [0.2, 0.25) is 0 Å². The molecule has 2 aromatic heterocycles. The summed E-state index contributed by atoms with van der Waals surface area (Å²) >= 11 is 0. The molecule has 1 fully saturated rings. The fourth-order valence-electron chi connectivity index (χ4n) is 4.75. The van der Waals surface area contributed by atoms with Crippen LogP contribution in [0.15, 0.2) is 66.7 Å². The fourth-order valence-corrected chi connectivity index (χ4v) is 4.75. The molecule has 1 saturated heterocycles. The van der Waals surface area contributed by atoms with Gasteiger partial charge in [-0.05, 0) is 35.7 Å². The lowest BCUT2D eigenvalue weighted by molar-refractivity contribution is -0.0493. The number of fused-ring (bicyclic) bond motifs is 3. The molecule has 2 aliphatic rings. The first-order valence-corrected chi connectivity index (χ1v) is 11.5. The van der Waals surface area contributed by atoms with Crippen molar-refractivity contribution in [3.8, 4) is 5.75 Å². The molecule has 0 unspecified atom stereocenters. The molecule has 0 atom stereocenters. The first-order chi connectivity index (χ1) is 16.3. The first kappa shape index (κ1) is 20.4. The van der Waals surface area contributed by atoms with Crippen LogP contribution < -0.4 is 4.74 Å². The summed E-state index contributed by atoms with van der Waals surface area (Å²) in [4.78, 5) is 11.0. The maximum atomic E-state index is 6.12. The molecule has 0 aliphatic carbocycles. The summed E-state index contributed by atoms with van der Waals surface area (Å²) in [5.74, 6) is 0.714. The molecule has 0 spiro atoms. The Morgan fingerprint density at radius 2 is 1.79 bits per heavy atom. The topological polar surface area (TPSA) is 59.6 Å². The second-order valence-corrected chi connectivity index (χ2v) is 8.62. The van der Waals surface area contributed by atoms with E-state index < -0.39 is 6.29 Å². The molecule has 2 aliphatic heterocycles. The van der Waals surface area contributed by atoms with Crippen molar-refractivity contribution in [3.05, 3.63) is 94.9 Å². The van der Waals surface area contributed by atoms with E-state index in [9.17, 15) is 0 Å². The van der Waals surface area contributed by atoms with Crippen LogP contribution >= 0.6 is 0 Å². The van der Waals surface area contributed by atoms with Gasteiger partial charge in [0.15, 0.2) is 0 Å². The molecule has 1 N–H and O–H groups in total. The van der Waals surface area contributed by atoms with Crippen molar-refractivity contribution in [3.63, 3.8) is 0 Å². The largest absolute Gasteiger partial charge is 0.487 e. The van der Waals surface area contributed by atoms with E-state index in [4.69, 9.17) is 19.2 Å². The Kier molecular flexibility index (Phi) is 5.56. The standard InChI is InChI=1S/C27H27N3O3/c1-2-6-19(7-3-1)18-33-25-11-10-20(28-26(25)27-31-14-15-32-27)16-30-13-12-22-21-8-4-5-9-23(21)29-24(22)17-30/h1-11,27,29H,12-18H2. The van der Waals surface area contributed by atoms with Gasteiger partial charge in [-0.25, -0.2) is 4.98 Å². The lowest BCUT2D eigenvalue weighted by atomic mass is 10.0. The van der Waals surface area contributed by atoms with Gasteiger partial charge in [-0.1, -0.05) is 48.5 Å². The molecular weight excluding hydrogens is 414 g/mol. The van der Waals surface area contributed by atoms with Crippen molar-refractivity contribution in [1.29, 1.82) is 0 Å². The summed E-state index contributed by atoms with van der Waals surface area (Å²) in [7, 11) is 0. The van der Waals surface area contributed by atoms with Crippen LogP contribution in [0.4, 0.5) is 0 Å². The van der Waals surface area contributed by atoms with Gasteiger partial charge in [-0.15, -0.1) is 0 Å². The third-order valence-corrected chi connectivity index (χ3v) is 6.37. The Hall–Kier alpha value is -3.19. The van der Waals surface area contributed by atoms with Gasteiger partial charge in [0.05, 0.1) is 18.9 Å². The number of hydrogen-bond acceptors (Lipinski definition) is 5. The van der Waals surface area contributed by atoms with Crippen molar-refractivity contribution in [1.82, 2.24) is 14.9 Å². The van der Waals surface area contributed by atoms with E-state index >= 15 is 0 Å². The Bertz CT molecular complexity index is 1250. The smallest absolute Gasteiger partial charge is 0.205 e. The molecule has 0 radical (unpaired) electrons. The summed E-state index contributed by atoms with van der Waals surface area (Å²) in [5, 5.41) is 1.35. The highest BCUT2D eigenvalue weighted by Crippen LogP contribution is 2.32. The van der Waals surface area contributed by atoms with Crippen molar-refractivity contribution in [2.45, 2.75) is 32.4 Å². The molecule has 6 nitrogen and oxygen atoms in total. The zero-order valence-electron chi connectivity index (χ0n) is 18.5. The average molecular weight is 442 g/mol. The van der Waals surface area contributed by atoms with Gasteiger partial charge < -0.3 is 19.2 Å². The molecule has 4 heterocycles. The molecule has 6 heteroatoms. The lowest BCUT2D eigenvalue weighted by Crippen LogP contribution is -2.30. The van der Waals surface area contributed by atoms with Crippen molar-refractivity contribution < 1.29 is 14.2 Å². The van der Waals surface area contributed by atoms with Gasteiger partial charge in [-0.3, -0.25) is 4.90 Å². The van der Waals surface area contributed by atoms with E-state index in [1.165, 1.54) is 22.2 Å². The molecule has 33 heavy (non-hydrogen) atoms. The number of pyridine rings is 1. The first-order valence-electron chi connectivity index (χ1n) is 11.5. The minimum absolute atomic E-state index is 0.475. The number of para-hydroxylation sites is 1. The molecule has 0 saturated carbocycles. The van der Waals surface area contributed by atoms with Gasteiger partial charge in [0.2, 0.25) is 6.29 Å². The van der Waals surface area contributed by atoms with Crippen LogP contribution in [-0.4, -0.2) is 34.6 Å². The molecule has 0 bridgehead atoms. The van der Waals surface area contributed by atoms with Gasteiger partial charge in [-0.2, -0.15) is 0 Å². The van der Waals surface area contributed by atoms with E-state index in [0.29, 0.717) is 25.6 Å². The van der Waals surface area contributed by atoms with E-state index in [0.717, 1.165) is 43.0 Å². The zero-order chi connectivity index (χ0) is 22.0. The zero-order valence-corrected chi connectivity index (χ0v) is 18.5. The monoisotopic (exact) mass is 441 g/mol. The minimum atomic E-state index is -0.475. The van der Waals surface area contributed by atoms with Gasteiger partial charge in [0.25, 0.3) is 0 Å². The van der Waals surface area contributed by atoms with Crippen LogP contribution in [0.25, 0.3) is 10.9 Å². The predicted molar refractivity (Wildman–Crippen MR) is 126 cm³/mol. The van der Waals surface area contributed by atoms with Gasteiger partial charge in [0.1, 0.15) is 18.1 Å². The number of nitrogens with one attached hydrogen (secondary N) is 1. The normalized spacial score (nSPS) is 16.8. The second kappa shape index (κ2) is 8.98. The van der Waals surface area contributed by atoms with E-state index in [-0.39, 0.29) is 0 Å². The molecule has 2 aromatic carbocycles. The van der Waals surface area contributed by atoms with Crippen LogP contribution in [0, 0.1) is 0 Å². The third kappa shape index (κ3) is 4.25. The number of nitrogens with zero attached hydrogens (tertiary/aromatic N) is 2. The molecular formula is C27H27N3O3. The number of rotatable bonds is 6. The number of H-pyrrole nitrogens is 1. The Balaban J connectivity index is 1.21. The van der Waals surface area contributed by atoms with Gasteiger partial charge in [0, 0.05) is 36.2 Å². The predicted octanol–water partition coefficient (Wildman–Crippen LogP) is 4.75. The number of aromatic amines is 1. The summed E-state index contributed by atoms with van der Waals surface area (Å²) in [6.45, 7) is 4.30. The van der Waals surface area contributed by atoms with E-state index in [1.807, 2.05) is 24.3 Å². The van der Waals surface area contributed by atoms with Crippen LogP contribution in [0.3, 0.4) is 0 Å². The molecule has 168 valence electrons. The summed E-state index contributed by atoms with van der Waals surface area (Å²) in [6, 6.07) is 22.8. The summed E-state index contributed by atoms with van der Waals surface area (Å²) in [6.07, 6.45) is 0.566. The quantitative estimate of drug-likeness (QED) is 0.468. The SMILES string of the molecule is c1ccc(COc2ccc(CN3CCc4c([nH]c5ccccc45)C3)nc2C2OCCO2)cc1. The Morgan fingerprint density at radius 3 is 2.67 bits per heavy atom. The second-order valence-electron chi connectivity index (χ2n) is 8.62. The van der Waals surface area contributed by atoms with Crippen molar-refractivity contribution >= 4 is 10.9 Å². The summed E-state index contributed by atoms with van der Waals surface area (Å²) < 4.78 is 17.7. The number of benzene rings is 2. The molecule has 6 rings (SSSR count). The van der Waals surface area contributed by atoms with Crippen LogP contribution in [0.5, 0.6) is 5.75 Å². The van der Waals surface area contributed by atoms with E-state index in [1.54, 1.807) is 0 Å². The van der Waals surface area contributed by atoms with Crippen molar-refractivity contribution in [2.24, 2.45) is 0 Å². The molecule has 4 aromatic rings. The summed E-state index contributed by atoms with van der Waals surface area (Å²) in [5.41, 5.74) is 6.82. The number of aromatic nitrogens is 2. The number of hydrogen-bond donors (Lipinski definition) is 1. The highest BCUT2D eigenvalue weighted by molar-refractivity contribution is 5.84. The number of ether oxygens (including phenoxy) is 3. The van der Waals surface area contributed by atoms with Crippen molar-refractivity contribution in [2.75, 3.05) is 19.8 Å². The fraction of sp³-hybridized carbons (Fsp3) is 0.296. The highest BCUT2D eigenvalue weighted by Gasteiger charge is 2.26. The Labute approximate surface area is 193 Å². The van der Waals surface area contributed by atoms with Gasteiger partial charge >= 0.3 is 0 Å². The lowest BCUT2D eigenvalue weighted by Gasteiger charge is -2.27. The van der Waals surface area contributed by atoms with Crippen LogP contribution in [-0.2, 0) is 35.6 Å². The van der Waals surface area contributed by atoms with Crippen LogP contribution in [0.1, 0.15) is 34.5 Å². The third-order valence-electron chi connectivity index (χ3n) is 6.37. The average Bonchev–Trinajstić information content (AvgIpc) is 3.52. The Morgan fingerprint density at radius 1 is 0.970 bits per heavy atom. The maximum Gasteiger partial charge on any atom is 0.205 e. The maximum absolute atomic E-state index is 6.12. The molecule has 0 amide bonds. The highest BCUT2D eigenvalue weighted by atomic mass is 16.7. The van der Waals surface area contributed by atoms with E-state index in [2.05, 4.69) is 52.3 Å². The minimum Gasteiger partial charge on any atom is -0.487 e.